The van der Waals surface area contributed by atoms with Gasteiger partial charge in [0, 0.05) is 12.6 Å². The molecule has 3 N–H and O–H groups in total. The van der Waals surface area contributed by atoms with Gasteiger partial charge >= 0.3 is 5.97 Å². The van der Waals surface area contributed by atoms with Gasteiger partial charge in [-0.05, 0) is 31.1 Å². The molecule has 0 aromatic carbocycles. The fraction of sp³-hybridized carbons (Fsp3) is 0.692. The van der Waals surface area contributed by atoms with Crippen molar-refractivity contribution in [1.29, 1.82) is 0 Å². The summed E-state index contributed by atoms with van der Waals surface area (Å²) in [6, 6.07) is -0.181. The van der Waals surface area contributed by atoms with E-state index in [1.54, 1.807) is 6.08 Å². The summed E-state index contributed by atoms with van der Waals surface area (Å²) in [5.41, 5.74) is 0. The minimum atomic E-state index is -0.772. The van der Waals surface area contributed by atoms with Crippen LogP contribution in [0.1, 0.15) is 19.3 Å². The lowest BCUT2D eigenvalue weighted by Crippen LogP contribution is -2.49. The van der Waals surface area contributed by atoms with E-state index in [2.05, 4.69) is 17.2 Å². The summed E-state index contributed by atoms with van der Waals surface area (Å²) in [5, 5.41) is 15.1. The zero-order chi connectivity index (χ0) is 13.1. The molecule has 2 bridgehead atoms. The van der Waals surface area contributed by atoms with E-state index >= 15 is 0 Å². The van der Waals surface area contributed by atoms with Gasteiger partial charge in [0.05, 0.1) is 12.5 Å². The van der Waals surface area contributed by atoms with Crippen molar-refractivity contribution in [3.63, 3.8) is 0 Å². The molecule has 2 rings (SSSR count). The van der Waals surface area contributed by atoms with Crippen LogP contribution >= 0.6 is 0 Å². The standard InChI is InChI=1S/C13H20N2O3/c1-2-5-14-7-10(16)15-12-9-4-3-8(6-9)11(12)13(17)18/h2,8-9,11-12,14H,1,3-7H2,(H,15,16)(H,17,18). The van der Waals surface area contributed by atoms with Gasteiger partial charge in [-0.2, -0.15) is 0 Å². The third-order valence-electron chi connectivity index (χ3n) is 4.10. The van der Waals surface area contributed by atoms with Crippen LogP contribution in [0.4, 0.5) is 0 Å². The molecule has 2 aliphatic rings. The van der Waals surface area contributed by atoms with Crippen LogP contribution in [-0.4, -0.2) is 36.1 Å². The van der Waals surface area contributed by atoms with Crippen molar-refractivity contribution in [3.8, 4) is 0 Å². The van der Waals surface area contributed by atoms with Crippen LogP contribution in [0.5, 0.6) is 0 Å². The second-order valence-electron chi connectivity index (χ2n) is 5.21. The minimum absolute atomic E-state index is 0.124. The molecule has 1 amide bonds. The molecule has 0 aromatic rings. The number of hydrogen-bond donors (Lipinski definition) is 3. The maximum Gasteiger partial charge on any atom is 0.308 e. The summed E-state index contributed by atoms with van der Waals surface area (Å²) in [6.45, 7) is 4.35. The molecular weight excluding hydrogens is 232 g/mol. The Morgan fingerprint density at radius 1 is 1.33 bits per heavy atom. The first kappa shape index (κ1) is 13.1. The number of carboxylic acid groups (broad SMARTS) is 1. The van der Waals surface area contributed by atoms with Crippen molar-refractivity contribution >= 4 is 11.9 Å². The van der Waals surface area contributed by atoms with E-state index in [9.17, 15) is 14.7 Å². The molecule has 5 nitrogen and oxygen atoms in total. The highest BCUT2D eigenvalue weighted by Crippen LogP contribution is 2.48. The van der Waals surface area contributed by atoms with Gasteiger partial charge in [0.15, 0.2) is 0 Å². The van der Waals surface area contributed by atoms with Crippen molar-refractivity contribution in [2.24, 2.45) is 17.8 Å². The summed E-state index contributed by atoms with van der Waals surface area (Å²) in [7, 11) is 0. The predicted molar refractivity (Wildman–Crippen MR) is 67.0 cm³/mol. The largest absolute Gasteiger partial charge is 0.481 e. The van der Waals surface area contributed by atoms with Crippen LogP contribution in [-0.2, 0) is 9.59 Å². The van der Waals surface area contributed by atoms with Crippen LogP contribution in [0.2, 0.25) is 0 Å². The topological polar surface area (TPSA) is 78.4 Å². The number of amides is 1. The van der Waals surface area contributed by atoms with Gasteiger partial charge in [0.25, 0.3) is 0 Å². The molecule has 0 aromatic heterocycles. The normalized spacial score (nSPS) is 33.3. The number of nitrogens with one attached hydrogen (secondary N) is 2. The molecular formula is C13H20N2O3. The van der Waals surface area contributed by atoms with Crippen LogP contribution in [0.3, 0.4) is 0 Å². The Morgan fingerprint density at radius 3 is 2.72 bits per heavy atom. The molecule has 18 heavy (non-hydrogen) atoms. The van der Waals surface area contributed by atoms with Gasteiger partial charge < -0.3 is 15.7 Å². The van der Waals surface area contributed by atoms with E-state index in [-0.39, 0.29) is 24.4 Å². The number of fused-ring (bicyclic) bond motifs is 2. The average Bonchev–Trinajstić information content (AvgIpc) is 2.89. The Morgan fingerprint density at radius 2 is 2.06 bits per heavy atom. The highest BCUT2D eigenvalue weighted by molar-refractivity contribution is 5.80. The summed E-state index contributed by atoms with van der Waals surface area (Å²) >= 11 is 0. The summed E-state index contributed by atoms with van der Waals surface area (Å²) in [5.74, 6) is -0.697. The predicted octanol–water partition coefficient (Wildman–Crippen LogP) is 0.377. The number of hydrogen-bond acceptors (Lipinski definition) is 3. The Kier molecular flexibility index (Phi) is 4.01. The smallest absolute Gasteiger partial charge is 0.308 e. The van der Waals surface area contributed by atoms with Crippen molar-refractivity contribution in [1.82, 2.24) is 10.6 Å². The zero-order valence-corrected chi connectivity index (χ0v) is 10.4. The molecule has 4 unspecified atom stereocenters. The molecule has 2 fully saturated rings. The lowest BCUT2D eigenvalue weighted by Gasteiger charge is -2.28. The third-order valence-corrected chi connectivity index (χ3v) is 4.10. The Bertz CT molecular complexity index is 356. The molecule has 100 valence electrons. The third kappa shape index (κ3) is 2.56. The van der Waals surface area contributed by atoms with Gasteiger partial charge in [0.1, 0.15) is 0 Å². The van der Waals surface area contributed by atoms with E-state index in [4.69, 9.17) is 0 Å². The maximum atomic E-state index is 11.7. The first-order valence-electron chi connectivity index (χ1n) is 6.47. The number of rotatable bonds is 6. The molecule has 0 saturated heterocycles. The maximum absolute atomic E-state index is 11.7. The van der Waals surface area contributed by atoms with E-state index < -0.39 is 11.9 Å². The summed E-state index contributed by atoms with van der Waals surface area (Å²) < 4.78 is 0. The first-order valence-corrected chi connectivity index (χ1v) is 6.47. The SMILES string of the molecule is C=CCNCC(=O)NC1C2CCC(C2)C1C(=O)O. The second-order valence-corrected chi connectivity index (χ2v) is 5.21. The molecule has 0 aliphatic heterocycles. The molecule has 5 heteroatoms. The monoisotopic (exact) mass is 252 g/mol. The number of carboxylic acids is 1. The zero-order valence-electron chi connectivity index (χ0n) is 10.4. The molecule has 2 saturated carbocycles. The molecule has 0 radical (unpaired) electrons. The van der Waals surface area contributed by atoms with Gasteiger partial charge in [-0.3, -0.25) is 9.59 Å². The molecule has 4 atom stereocenters. The van der Waals surface area contributed by atoms with E-state index in [1.807, 2.05) is 0 Å². The Balaban J connectivity index is 1.89. The Labute approximate surface area is 107 Å². The first-order chi connectivity index (χ1) is 8.63. The number of carbonyl (C=O) groups is 2. The minimum Gasteiger partial charge on any atom is -0.481 e. The fourth-order valence-corrected chi connectivity index (χ4v) is 3.38. The average molecular weight is 252 g/mol. The second kappa shape index (κ2) is 5.52. The van der Waals surface area contributed by atoms with E-state index in [0.717, 1.165) is 19.3 Å². The quantitative estimate of drug-likeness (QED) is 0.471. The van der Waals surface area contributed by atoms with Gasteiger partial charge in [-0.25, -0.2) is 0 Å². The van der Waals surface area contributed by atoms with Gasteiger partial charge in [-0.15, -0.1) is 6.58 Å². The van der Waals surface area contributed by atoms with E-state index in [0.29, 0.717) is 12.5 Å². The van der Waals surface area contributed by atoms with Crippen molar-refractivity contribution in [3.05, 3.63) is 12.7 Å². The number of aliphatic carboxylic acids is 1. The van der Waals surface area contributed by atoms with Crippen LogP contribution in [0, 0.1) is 17.8 Å². The van der Waals surface area contributed by atoms with Gasteiger partial charge in [-0.1, -0.05) is 6.08 Å². The van der Waals surface area contributed by atoms with Crippen molar-refractivity contribution in [2.75, 3.05) is 13.1 Å². The molecule has 2 aliphatic carbocycles. The summed E-state index contributed by atoms with van der Waals surface area (Å²) in [4.78, 5) is 23.0. The number of carbonyl (C=O) groups excluding carboxylic acids is 1. The fourth-order valence-electron chi connectivity index (χ4n) is 3.38. The summed E-state index contributed by atoms with van der Waals surface area (Å²) in [6.07, 6.45) is 4.66. The van der Waals surface area contributed by atoms with Crippen molar-refractivity contribution < 1.29 is 14.7 Å². The Hall–Kier alpha value is -1.36. The van der Waals surface area contributed by atoms with Crippen LogP contribution < -0.4 is 10.6 Å². The van der Waals surface area contributed by atoms with Crippen LogP contribution in [0.15, 0.2) is 12.7 Å². The van der Waals surface area contributed by atoms with Crippen LogP contribution in [0.25, 0.3) is 0 Å². The lowest BCUT2D eigenvalue weighted by molar-refractivity contribution is -0.144. The molecule has 0 spiro atoms. The van der Waals surface area contributed by atoms with Crippen molar-refractivity contribution in [2.45, 2.75) is 25.3 Å². The lowest BCUT2D eigenvalue weighted by atomic mass is 9.84. The highest BCUT2D eigenvalue weighted by Gasteiger charge is 2.51. The van der Waals surface area contributed by atoms with Gasteiger partial charge in [0.2, 0.25) is 5.91 Å². The molecule has 0 heterocycles. The van der Waals surface area contributed by atoms with E-state index in [1.165, 1.54) is 0 Å². The highest BCUT2D eigenvalue weighted by atomic mass is 16.4.